The van der Waals surface area contributed by atoms with Gasteiger partial charge in [-0.25, -0.2) is 4.79 Å². The van der Waals surface area contributed by atoms with Gasteiger partial charge < -0.3 is 24.7 Å². The molecule has 0 fully saturated rings. The summed E-state index contributed by atoms with van der Waals surface area (Å²) >= 11 is 5.39. The smallest absolute Gasteiger partial charge is 0.379 e. The number of hydrogen-bond donors (Lipinski definition) is 3. The number of unbranched alkanes of at least 4 members (excludes halogenated alkanes) is 1. The molecule has 9 heteroatoms. The molecule has 0 rings (SSSR count). The summed E-state index contributed by atoms with van der Waals surface area (Å²) in [5.74, 6) is -1.06. The van der Waals surface area contributed by atoms with Crippen LogP contribution in [0.15, 0.2) is 0 Å². The molecule has 0 heterocycles. The summed E-state index contributed by atoms with van der Waals surface area (Å²) in [7, 11) is -4.53. The van der Waals surface area contributed by atoms with Crippen LogP contribution in [-0.2, 0) is 9.36 Å². The van der Waals surface area contributed by atoms with Crippen LogP contribution in [-0.4, -0.2) is 50.8 Å². The van der Waals surface area contributed by atoms with Crippen LogP contribution in [0, 0.1) is 5.21 Å². The van der Waals surface area contributed by atoms with E-state index in [4.69, 9.17) is 26.5 Å². The largest absolute Gasteiger partial charge is 0.632 e. The number of halogens is 1. The molecule has 96 valence electrons. The topological polar surface area (TPSA) is 118 Å². The molecular weight excluding hydrogens is 261 g/mol. The summed E-state index contributed by atoms with van der Waals surface area (Å²) in [5, 5.41) is 20.3. The van der Waals surface area contributed by atoms with Crippen LogP contribution < -0.4 is 0 Å². The first-order valence-corrected chi connectivity index (χ1v) is 6.91. The van der Waals surface area contributed by atoms with Gasteiger partial charge in [0.25, 0.3) is 0 Å². The van der Waals surface area contributed by atoms with Gasteiger partial charge in [0, 0.05) is 5.88 Å². The first kappa shape index (κ1) is 15.8. The number of quaternary nitrogens is 1. The van der Waals surface area contributed by atoms with Crippen molar-refractivity contribution in [2.45, 2.75) is 12.8 Å². The number of alkyl halides is 1. The summed E-state index contributed by atoms with van der Waals surface area (Å²) in [5.41, 5.74) is 0. The number of rotatable bonds is 8. The molecule has 0 aromatic rings. The van der Waals surface area contributed by atoms with Gasteiger partial charge in [-0.1, -0.05) is 0 Å². The van der Waals surface area contributed by atoms with Crippen molar-refractivity contribution in [2.24, 2.45) is 0 Å². The van der Waals surface area contributed by atoms with E-state index in [-0.39, 0.29) is 6.54 Å². The number of carboxylic acids is 1. The number of hydroxylamine groups is 3. The molecular formula is C7H15ClNO6P. The van der Waals surface area contributed by atoms with Crippen molar-refractivity contribution in [2.75, 3.05) is 25.3 Å². The number of nitrogens with zero attached hydrogens (tertiary/aromatic N) is 1. The van der Waals surface area contributed by atoms with E-state index in [2.05, 4.69) is 0 Å². The van der Waals surface area contributed by atoms with Gasteiger partial charge in [0.1, 0.15) is 0 Å². The zero-order chi connectivity index (χ0) is 12.8. The van der Waals surface area contributed by atoms with E-state index in [1.165, 1.54) is 0 Å². The SMILES string of the molecule is O=C(O)C[N+]([O-])(CCCCCl)CP(=O)(O)O. The van der Waals surface area contributed by atoms with Crippen LogP contribution in [0.4, 0.5) is 0 Å². The van der Waals surface area contributed by atoms with Crippen molar-refractivity contribution in [1.82, 2.24) is 0 Å². The van der Waals surface area contributed by atoms with Gasteiger partial charge >= 0.3 is 13.6 Å². The highest BCUT2D eigenvalue weighted by Crippen LogP contribution is 2.37. The lowest BCUT2D eigenvalue weighted by atomic mass is 10.3. The molecule has 0 spiro atoms. The van der Waals surface area contributed by atoms with E-state index < -0.39 is 31.0 Å². The highest BCUT2D eigenvalue weighted by molar-refractivity contribution is 7.51. The number of carboxylic acid groups (broad SMARTS) is 1. The summed E-state index contributed by atoms with van der Waals surface area (Å²) in [6.45, 7) is -1.02. The quantitative estimate of drug-likeness (QED) is 0.196. The van der Waals surface area contributed by atoms with Crippen LogP contribution in [0.3, 0.4) is 0 Å². The summed E-state index contributed by atoms with van der Waals surface area (Å²) in [4.78, 5) is 27.8. The maximum atomic E-state index is 11.8. The third-order valence-corrected chi connectivity index (χ3v) is 2.97. The molecule has 0 saturated carbocycles. The van der Waals surface area contributed by atoms with Crippen LogP contribution in [0.5, 0.6) is 0 Å². The van der Waals surface area contributed by atoms with Crippen molar-refractivity contribution in [3.63, 3.8) is 0 Å². The Balaban J connectivity index is 4.48. The Morgan fingerprint density at radius 1 is 1.38 bits per heavy atom. The van der Waals surface area contributed by atoms with Crippen molar-refractivity contribution in [3.8, 4) is 0 Å². The highest BCUT2D eigenvalue weighted by atomic mass is 35.5. The van der Waals surface area contributed by atoms with Gasteiger partial charge in [-0.2, -0.15) is 0 Å². The lowest BCUT2D eigenvalue weighted by Gasteiger charge is -2.41. The van der Waals surface area contributed by atoms with E-state index >= 15 is 0 Å². The molecule has 1 unspecified atom stereocenters. The molecule has 0 aliphatic heterocycles. The van der Waals surface area contributed by atoms with Gasteiger partial charge in [-0.15, -0.1) is 11.6 Å². The second-order valence-corrected chi connectivity index (χ2v) is 5.53. The van der Waals surface area contributed by atoms with E-state index in [9.17, 15) is 14.6 Å². The summed E-state index contributed by atoms with van der Waals surface area (Å²) in [6, 6.07) is 0. The van der Waals surface area contributed by atoms with E-state index in [0.717, 1.165) is 0 Å². The van der Waals surface area contributed by atoms with Crippen molar-refractivity contribution in [1.29, 1.82) is 0 Å². The molecule has 3 N–H and O–H groups in total. The summed E-state index contributed by atoms with van der Waals surface area (Å²) < 4.78 is 9.30. The van der Waals surface area contributed by atoms with Crippen molar-refractivity contribution >= 4 is 25.2 Å². The maximum Gasteiger partial charge on any atom is 0.379 e. The average molecular weight is 276 g/mol. The standard InChI is InChI=1S/C7H15ClNO6P/c8-3-1-2-4-9(12,5-7(10)11)6-16(13,14)15/h1-6H2,(H,10,11)(H2,13,14,15). The molecule has 7 nitrogen and oxygen atoms in total. The number of carbonyl (C=O) groups is 1. The predicted octanol–water partition coefficient (Wildman–Crippen LogP) is 0.540. The third-order valence-electron chi connectivity index (χ3n) is 1.81. The molecule has 0 aliphatic rings. The minimum atomic E-state index is -4.53. The minimum absolute atomic E-state index is 0.163. The van der Waals surface area contributed by atoms with E-state index in [0.29, 0.717) is 18.7 Å². The monoisotopic (exact) mass is 275 g/mol. The van der Waals surface area contributed by atoms with E-state index in [1.807, 2.05) is 0 Å². The highest BCUT2D eigenvalue weighted by Gasteiger charge is 2.30. The fraction of sp³-hybridized carbons (Fsp3) is 0.857. The van der Waals surface area contributed by atoms with E-state index in [1.54, 1.807) is 0 Å². The Labute approximate surface area is 98.0 Å². The van der Waals surface area contributed by atoms with Crippen LogP contribution >= 0.6 is 19.2 Å². The second kappa shape index (κ2) is 6.54. The molecule has 0 bridgehead atoms. The van der Waals surface area contributed by atoms with Gasteiger partial charge in [0.15, 0.2) is 12.8 Å². The molecule has 1 atom stereocenters. The van der Waals surface area contributed by atoms with Gasteiger partial charge in [0.05, 0.1) is 6.54 Å². The zero-order valence-corrected chi connectivity index (χ0v) is 10.2. The Kier molecular flexibility index (Phi) is 6.47. The first-order chi connectivity index (χ1) is 7.18. The Morgan fingerprint density at radius 3 is 2.31 bits per heavy atom. The molecule has 0 aromatic carbocycles. The molecule has 0 radical (unpaired) electrons. The fourth-order valence-electron chi connectivity index (χ4n) is 1.28. The van der Waals surface area contributed by atoms with Crippen molar-refractivity contribution < 1.29 is 28.9 Å². The molecule has 0 saturated heterocycles. The Hall–Kier alpha value is -0.170. The molecule has 0 aromatic heterocycles. The Bertz CT molecular complexity index is 282. The van der Waals surface area contributed by atoms with Crippen LogP contribution in [0.2, 0.25) is 0 Å². The lowest BCUT2D eigenvalue weighted by Crippen LogP contribution is -2.47. The predicted molar refractivity (Wildman–Crippen MR) is 57.9 cm³/mol. The van der Waals surface area contributed by atoms with Crippen molar-refractivity contribution in [3.05, 3.63) is 5.21 Å². The van der Waals surface area contributed by atoms with Gasteiger partial charge in [-0.05, 0) is 12.8 Å². The fourth-order valence-corrected chi connectivity index (χ4v) is 2.38. The van der Waals surface area contributed by atoms with Crippen LogP contribution in [0.1, 0.15) is 12.8 Å². The van der Waals surface area contributed by atoms with Gasteiger partial charge in [-0.3, -0.25) is 4.57 Å². The molecule has 0 amide bonds. The Morgan fingerprint density at radius 2 is 1.94 bits per heavy atom. The molecule has 0 aliphatic carbocycles. The minimum Gasteiger partial charge on any atom is -0.632 e. The van der Waals surface area contributed by atoms with Crippen LogP contribution in [0.25, 0.3) is 0 Å². The third kappa shape index (κ3) is 8.04. The van der Waals surface area contributed by atoms with Gasteiger partial charge in [0.2, 0.25) is 0 Å². The molecule has 16 heavy (non-hydrogen) atoms. The lowest BCUT2D eigenvalue weighted by molar-refractivity contribution is -0.862. The maximum absolute atomic E-state index is 11.8. The average Bonchev–Trinajstić information content (AvgIpc) is 1.98. The number of hydrogen-bond acceptors (Lipinski definition) is 3. The second-order valence-electron chi connectivity index (χ2n) is 3.54. The number of aliphatic carboxylic acids is 1. The summed E-state index contributed by atoms with van der Waals surface area (Å²) in [6.07, 6.45) is -0.174. The normalized spacial score (nSPS) is 15.8. The first-order valence-electron chi connectivity index (χ1n) is 4.58. The zero-order valence-electron chi connectivity index (χ0n) is 8.58.